The molecule has 1 aromatic carbocycles. The molecule has 0 aliphatic rings. The maximum atomic E-state index is 12.2. The lowest BCUT2D eigenvalue weighted by Crippen LogP contribution is -2.43. The van der Waals surface area contributed by atoms with Crippen molar-refractivity contribution in [1.29, 1.82) is 0 Å². The van der Waals surface area contributed by atoms with Gasteiger partial charge in [-0.15, -0.1) is 0 Å². The maximum Gasteiger partial charge on any atom is 0.398 e. The summed E-state index contributed by atoms with van der Waals surface area (Å²) in [5.41, 5.74) is 5.13. The molecule has 0 aliphatic carbocycles. The molecule has 0 aromatic heterocycles. The van der Waals surface area contributed by atoms with Gasteiger partial charge in [-0.05, 0) is 31.9 Å². The van der Waals surface area contributed by atoms with Crippen molar-refractivity contribution in [2.75, 3.05) is 6.54 Å². The molecular weight excluding hydrogens is 389 g/mol. The maximum absolute atomic E-state index is 12.2. The molecule has 11 heteroatoms. The molecule has 1 aromatic rings. The second-order valence-electron chi connectivity index (χ2n) is 6.12. The molecule has 0 bridgehead atoms. The normalized spacial score (nSPS) is 15.0. The highest BCUT2D eigenvalue weighted by Crippen LogP contribution is 2.46. The van der Waals surface area contributed by atoms with E-state index in [4.69, 9.17) is 15.4 Å². The number of hydrogen-bond acceptors (Lipinski definition) is 6. The Hall–Kier alpha value is -2.42. The monoisotopic (exact) mass is 415 g/mol. The van der Waals surface area contributed by atoms with Gasteiger partial charge in [0.2, 0.25) is 11.8 Å². The summed E-state index contributed by atoms with van der Waals surface area (Å²) in [6.07, 6.45) is 0.878. The molecule has 0 heterocycles. The van der Waals surface area contributed by atoms with Gasteiger partial charge in [-0.3, -0.25) is 9.59 Å². The highest BCUT2D eigenvalue weighted by molar-refractivity contribution is 7.54. The van der Waals surface area contributed by atoms with Crippen molar-refractivity contribution in [3.05, 3.63) is 30.3 Å². The number of carbonyl (C=O) groups is 3. The smallest absolute Gasteiger partial charge is 0.398 e. The number of rotatable bonds is 12. The fourth-order valence-corrected chi connectivity index (χ4v) is 3.13. The number of carboxylic acids is 1. The van der Waals surface area contributed by atoms with Gasteiger partial charge in [0.15, 0.2) is 0 Å². The van der Waals surface area contributed by atoms with Crippen molar-refractivity contribution >= 4 is 25.4 Å². The molecule has 1 rings (SSSR count). The summed E-state index contributed by atoms with van der Waals surface area (Å²) in [6, 6.07) is 7.02. The average molecular weight is 415 g/mol. The standard InChI is InChI=1S/C17H26N3O7P/c1-12(28(25,26)27-13-7-3-2-4-8-13)19-15(21)10-6-5-9-14(17(23)24)20-16(22)11-18/h2-4,7-8,12,14H,5-6,9-11,18H2,1H3,(H,19,21)(H,20,22)(H,23,24)(H,25,26)/t12-,14?/m0/s1. The van der Waals surface area contributed by atoms with E-state index in [9.17, 15) is 23.8 Å². The first kappa shape index (κ1) is 23.6. The molecule has 0 spiro atoms. The summed E-state index contributed by atoms with van der Waals surface area (Å²) in [4.78, 5) is 44.2. The number of amides is 2. The third kappa shape index (κ3) is 8.51. The van der Waals surface area contributed by atoms with Gasteiger partial charge < -0.3 is 30.9 Å². The van der Waals surface area contributed by atoms with E-state index < -0.39 is 37.2 Å². The number of hydrogen-bond donors (Lipinski definition) is 5. The largest absolute Gasteiger partial charge is 0.480 e. The van der Waals surface area contributed by atoms with Gasteiger partial charge in [-0.25, -0.2) is 9.36 Å². The summed E-state index contributed by atoms with van der Waals surface area (Å²) >= 11 is 0. The summed E-state index contributed by atoms with van der Waals surface area (Å²) in [7, 11) is -4.12. The topological polar surface area (TPSA) is 168 Å². The van der Waals surface area contributed by atoms with Crippen molar-refractivity contribution in [3.63, 3.8) is 0 Å². The van der Waals surface area contributed by atoms with Gasteiger partial charge in [0.25, 0.3) is 0 Å². The summed E-state index contributed by atoms with van der Waals surface area (Å²) in [5.74, 6) is -3.11. The Balaban J connectivity index is 2.39. The zero-order chi connectivity index (χ0) is 21.2. The van der Waals surface area contributed by atoms with E-state index in [2.05, 4.69) is 10.6 Å². The molecule has 2 unspecified atom stereocenters. The predicted molar refractivity (Wildman–Crippen MR) is 102 cm³/mol. The Bertz CT molecular complexity index is 714. The zero-order valence-electron chi connectivity index (χ0n) is 15.5. The highest BCUT2D eigenvalue weighted by Gasteiger charge is 2.31. The Labute approximate surface area is 163 Å². The van der Waals surface area contributed by atoms with E-state index in [0.717, 1.165) is 0 Å². The van der Waals surface area contributed by atoms with Crippen LogP contribution in [0.3, 0.4) is 0 Å². The lowest BCUT2D eigenvalue weighted by Gasteiger charge is -2.21. The first-order valence-electron chi connectivity index (χ1n) is 8.74. The molecule has 28 heavy (non-hydrogen) atoms. The van der Waals surface area contributed by atoms with E-state index in [1.807, 2.05) is 0 Å². The number of carbonyl (C=O) groups excluding carboxylic acids is 2. The molecule has 0 saturated heterocycles. The van der Waals surface area contributed by atoms with E-state index in [1.54, 1.807) is 18.2 Å². The fourth-order valence-electron chi connectivity index (χ4n) is 2.24. The van der Waals surface area contributed by atoms with Gasteiger partial charge in [0.05, 0.1) is 6.54 Å². The third-order valence-corrected chi connectivity index (χ3v) is 5.38. The lowest BCUT2D eigenvalue weighted by molar-refractivity contribution is -0.141. The van der Waals surface area contributed by atoms with Crippen LogP contribution in [0, 0.1) is 0 Å². The molecule has 0 saturated carbocycles. The molecule has 10 nitrogen and oxygen atoms in total. The number of para-hydroxylation sites is 1. The lowest BCUT2D eigenvalue weighted by atomic mass is 10.1. The summed E-state index contributed by atoms with van der Waals surface area (Å²) in [5, 5.41) is 13.7. The first-order valence-corrected chi connectivity index (χ1v) is 10.4. The van der Waals surface area contributed by atoms with Crippen LogP contribution in [-0.4, -0.2) is 46.2 Å². The van der Waals surface area contributed by atoms with E-state index in [1.165, 1.54) is 19.1 Å². The number of nitrogens with two attached hydrogens (primary N) is 1. The van der Waals surface area contributed by atoms with Crippen molar-refractivity contribution in [1.82, 2.24) is 10.6 Å². The van der Waals surface area contributed by atoms with Gasteiger partial charge in [0.1, 0.15) is 17.6 Å². The Morgan fingerprint density at radius 1 is 1.14 bits per heavy atom. The van der Waals surface area contributed by atoms with Crippen LogP contribution in [-0.2, 0) is 18.9 Å². The van der Waals surface area contributed by atoms with Crippen molar-refractivity contribution in [3.8, 4) is 5.75 Å². The summed E-state index contributed by atoms with van der Waals surface area (Å²) < 4.78 is 17.3. The SMILES string of the molecule is C[C@@H](NC(=O)CCCCC(NC(=O)CN)C(=O)O)P(=O)(O)Oc1ccccc1. The van der Waals surface area contributed by atoms with Gasteiger partial charge in [0, 0.05) is 6.42 Å². The van der Waals surface area contributed by atoms with E-state index in [-0.39, 0.29) is 25.1 Å². The van der Waals surface area contributed by atoms with Gasteiger partial charge in [-0.2, -0.15) is 0 Å². The number of nitrogens with one attached hydrogen (secondary N) is 2. The minimum absolute atomic E-state index is 0.0346. The second kappa shape index (κ2) is 11.4. The molecule has 3 atom stereocenters. The van der Waals surface area contributed by atoms with Crippen molar-refractivity contribution < 1.29 is 33.5 Å². The highest BCUT2D eigenvalue weighted by atomic mass is 31.2. The Morgan fingerprint density at radius 3 is 2.36 bits per heavy atom. The van der Waals surface area contributed by atoms with Crippen LogP contribution in [0.4, 0.5) is 0 Å². The Kier molecular flexibility index (Phi) is 9.64. The number of carboxylic acid groups (broad SMARTS) is 1. The average Bonchev–Trinajstić information content (AvgIpc) is 2.64. The van der Waals surface area contributed by atoms with Crippen molar-refractivity contribution in [2.24, 2.45) is 5.73 Å². The van der Waals surface area contributed by atoms with Crippen LogP contribution in [0.5, 0.6) is 5.75 Å². The van der Waals surface area contributed by atoms with Crippen LogP contribution in [0.25, 0.3) is 0 Å². The molecule has 2 amide bonds. The first-order chi connectivity index (χ1) is 13.2. The van der Waals surface area contributed by atoms with E-state index >= 15 is 0 Å². The molecule has 6 N–H and O–H groups in total. The molecule has 156 valence electrons. The molecule has 0 radical (unpaired) electrons. The van der Waals surface area contributed by atoms with Gasteiger partial charge >= 0.3 is 13.6 Å². The summed E-state index contributed by atoms with van der Waals surface area (Å²) in [6.45, 7) is 1.06. The quantitative estimate of drug-likeness (QED) is 0.247. The number of unbranched alkanes of at least 4 members (excludes halogenated alkanes) is 1. The minimum Gasteiger partial charge on any atom is -0.480 e. The molecule has 0 fully saturated rings. The van der Waals surface area contributed by atoms with Crippen molar-refractivity contribution in [2.45, 2.75) is 44.4 Å². The Morgan fingerprint density at radius 2 is 1.79 bits per heavy atom. The van der Waals surface area contributed by atoms with Crippen LogP contribution in [0.2, 0.25) is 0 Å². The zero-order valence-corrected chi connectivity index (χ0v) is 16.4. The van der Waals surface area contributed by atoms with Crippen LogP contribution in [0.15, 0.2) is 30.3 Å². The van der Waals surface area contributed by atoms with Crippen LogP contribution in [0.1, 0.15) is 32.6 Å². The molecule has 0 aliphatic heterocycles. The van der Waals surface area contributed by atoms with E-state index in [0.29, 0.717) is 12.8 Å². The van der Waals surface area contributed by atoms with Gasteiger partial charge in [-0.1, -0.05) is 24.6 Å². The van der Waals surface area contributed by atoms with Crippen LogP contribution >= 0.6 is 7.60 Å². The number of benzene rings is 1. The number of aliphatic carboxylic acids is 1. The molecular formula is C17H26N3O7P. The predicted octanol–water partition coefficient (Wildman–Crippen LogP) is 0.802. The fraction of sp³-hybridized carbons (Fsp3) is 0.471. The van der Waals surface area contributed by atoms with Crippen LogP contribution < -0.4 is 20.9 Å². The minimum atomic E-state index is -4.12. The third-order valence-electron chi connectivity index (χ3n) is 3.80. The second-order valence-corrected chi connectivity index (χ2v) is 8.21.